The van der Waals surface area contributed by atoms with Crippen molar-refractivity contribution in [1.82, 2.24) is 5.32 Å². The molecule has 0 atom stereocenters. The fourth-order valence-corrected chi connectivity index (χ4v) is 3.70. The lowest BCUT2D eigenvalue weighted by Crippen LogP contribution is -2.50. The van der Waals surface area contributed by atoms with Crippen molar-refractivity contribution >= 4 is 18.4 Å². The van der Waals surface area contributed by atoms with Gasteiger partial charge >= 0.3 is 5.97 Å². The maximum absolute atomic E-state index is 11.9. The Balaban J connectivity index is 0.00000120. The Morgan fingerprint density at radius 1 is 1.17 bits per heavy atom. The molecule has 3 nitrogen and oxygen atoms in total. The zero-order valence-corrected chi connectivity index (χ0v) is 12.0. The number of carbonyl (C=O) groups is 1. The molecular weight excluding hydrogens is 250 g/mol. The highest BCUT2D eigenvalue weighted by Gasteiger charge is 2.52. The van der Waals surface area contributed by atoms with Crippen molar-refractivity contribution < 1.29 is 9.53 Å². The Bertz CT molecular complexity index is 303. The molecule has 0 spiro atoms. The average Bonchev–Trinajstić information content (AvgIpc) is 3.22. The van der Waals surface area contributed by atoms with Gasteiger partial charge in [-0.1, -0.05) is 0 Å². The molecule has 4 aliphatic rings. The smallest absolute Gasteiger partial charge is 0.311 e. The van der Waals surface area contributed by atoms with Gasteiger partial charge in [0.05, 0.1) is 12.5 Å². The fraction of sp³-hybridized carbons (Fsp3) is 0.929. The van der Waals surface area contributed by atoms with Gasteiger partial charge in [0.2, 0.25) is 0 Å². The number of nitrogens with one attached hydrogen (secondary N) is 1. The normalized spacial score (nSPS) is 38.1. The summed E-state index contributed by atoms with van der Waals surface area (Å²) in [5.41, 5.74) is 0.383. The molecule has 0 amide bonds. The molecule has 0 aliphatic heterocycles. The standard InChI is InChI=1S/C14H23NO2.ClH/c1-17-12(16)14-7-4-13(5-8-14,6-9-14)10-15-11-2-3-11;/h11,15H,2-10H2,1H3;1H. The Morgan fingerprint density at radius 3 is 2.17 bits per heavy atom. The highest BCUT2D eigenvalue weighted by Crippen LogP contribution is 2.57. The van der Waals surface area contributed by atoms with Crippen molar-refractivity contribution in [1.29, 1.82) is 0 Å². The number of methoxy groups -OCH3 is 1. The summed E-state index contributed by atoms with van der Waals surface area (Å²) in [6.45, 7) is 1.18. The topological polar surface area (TPSA) is 38.3 Å². The highest BCUT2D eigenvalue weighted by molar-refractivity contribution is 5.85. The predicted octanol–water partition coefficient (Wildman–Crippen LogP) is 2.67. The quantitative estimate of drug-likeness (QED) is 0.801. The van der Waals surface area contributed by atoms with Crippen LogP contribution in [0.15, 0.2) is 0 Å². The molecule has 0 aromatic rings. The lowest BCUT2D eigenvalue weighted by atomic mass is 9.53. The first-order chi connectivity index (χ1) is 8.18. The van der Waals surface area contributed by atoms with E-state index in [-0.39, 0.29) is 23.8 Å². The van der Waals surface area contributed by atoms with E-state index in [1.165, 1.54) is 45.8 Å². The van der Waals surface area contributed by atoms with Gasteiger partial charge in [0.25, 0.3) is 0 Å². The van der Waals surface area contributed by atoms with Gasteiger partial charge in [0.1, 0.15) is 0 Å². The number of ether oxygens (including phenoxy) is 1. The third kappa shape index (κ3) is 2.39. The van der Waals surface area contributed by atoms with E-state index in [1.54, 1.807) is 0 Å². The number of rotatable bonds is 4. The zero-order valence-electron chi connectivity index (χ0n) is 11.2. The van der Waals surface area contributed by atoms with Gasteiger partial charge < -0.3 is 10.1 Å². The molecule has 4 aliphatic carbocycles. The Labute approximate surface area is 115 Å². The molecule has 0 radical (unpaired) electrons. The number of halogens is 1. The summed E-state index contributed by atoms with van der Waals surface area (Å²) in [5.74, 6) is 0.0425. The molecule has 4 fully saturated rings. The summed E-state index contributed by atoms with van der Waals surface area (Å²) in [4.78, 5) is 11.9. The Morgan fingerprint density at radius 2 is 1.72 bits per heavy atom. The van der Waals surface area contributed by atoms with Gasteiger partial charge in [-0.3, -0.25) is 4.79 Å². The molecular formula is C14H24ClNO2. The summed E-state index contributed by atoms with van der Waals surface area (Å²) >= 11 is 0. The molecule has 0 saturated heterocycles. The number of hydrogen-bond donors (Lipinski definition) is 1. The fourth-order valence-electron chi connectivity index (χ4n) is 3.70. The van der Waals surface area contributed by atoms with E-state index in [9.17, 15) is 4.79 Å². The first-order valence-electron chi connectivity index (χ1n) is 7.00. The number of esters is 1. The molecule has 18 heavy (non-hydrogen) atoms. The van der Waals surface area contributed by atoms with Crippen molar-refractivity contribution in [3.8, 4) is 0 Å². The van der Waals surface area contributed by atoms with Crippen LogP contribution in [0.3, 0.4) is 0 Å². The van der Waals surface area contributed by atoms with Crippen molar-refractivity contribution in [3.63, 3.8) is 0 Å². The monoisotopic (exact) mass is 273 g/mol. The highest BCUT2D eigenvalue weighted by atomic mass is 35.5. The number of hydrogen-bond acceptors (Lipinski definition) is 3. The first kappa shape index (κ1) is 14.1. The summed E-state index contributed by atoms with van der Waals surface area (Å²) in [6.07, 6.45) is 9.50. The molecule has 0 heterocycles. The molecule has 4 rings (SSSR count). The van der Waals surface area contributed by atoms with Gasteiger partial charge in [-0.15, -0.1) is 12.4 Å². The lowest BCUT2D eigenvalue weighted by Gasteiger charge is -2.52. The van der Waals surface area contributed by atoms with Crippen LogP contribution in [-0.2, 0) is 9.53 Å². The van der Waals surface area contributed by atoms with Crippen LogP contribution in [0.1, 0.15) is 51.4 Å². The van der Waals surface area contributed by atoms with Crippen LogP contribution in [0, 0.1) is 10.8 Å². The molecule has 0 aromatic heterocycles. The van der Waals surface area contributed by atoms with Crippen molar-refractivity contribution in [2.24, 2.45) is 10.8 Å². The largest absolute Gasteiger partial charge is 0.469 e. The van der Waals surface area contributed by atoms with Crippen molar-refractivity contribution in [2.75, 3.05) is 13.7 Å². The van der Waals surface area contributed by atoms with Crippen LogP contribution >= 0.6 is 12.4 Å². The van der Waals surface area contributed by atoms with E-state index < -0.39 is 0 Å². The molecule has 2 bridgehead atoms. The molecule has 4 saturated carbocycles. The van der Waals surface area contributed by atoms with Crippen molar-refractivity contribution in [3.05, 3.63) is 0 Å². The van der Waals surface area contributed by atoms with Crippen LogP contribution in [0.5, 0.6) is 0 Å². The Kier molecular flexibility index (Phi) is 3.93. The SMILES string of the molecule is COC(=O)C12CCC(CNC3CC3)(CC1)CC2.Cl. The molecule has 0 unspecified atom stereocenters. The van der Waals surface area contributed by atoms with Gasteiger partial charge in [0.15, 0.2) is 0 Å². The van der Waals surface area contributed by atoms with E-state index in [4.69, 9.17) is 4.74 Å². The number of carbonyl (C=O) groups excluding carboxylic acids is 1. The minimum Gasteiger partial charge on any atom is -0.469 e. The van der Waals surface area contributed by atoms with Crippen LogP contribution in [0.25, 0.3) is 0 Å². The minimum absolute atomic E-state index is 0. The summed E-state index contributed by atoms with van der Waals surface area (Å²) in [7, 11) is 1.53. The lowest BCUT2D eigenvalue weighted by molar-refractivity contribution is -0.162. The van der Waals surface area contributed by atoms with Gasteiger partial charge in [-0.2, -0.15) is 0 Å². The summed E-state index contributed by atoms with van der Waals surface area (Å²) in [6, 6.07) is 0.804. The molecule has 4 heteroatoms. The second-order valence-corrected chi connectivity index (χ2v) is 6.43. The maximum atomic E-state index is 11.9. The molecule has 0 aromatic carbocycles. The van der Waals surface area contributed by atoms with E-state index >= 15 is 0 Å². The van der Waals surface area contributed by atoms with Gasteiger partial charge in [-0.25, -0.2) is 0 Å². The average molecular weight is 274 g/mol. The van der Waals surface area contributed by atoms with Crippen molar-refractivity contribution in [2.45, 2.75) is 57.4 Å². The summed E-state index contributed by atoms with van der Waals surface area (Å²) < 4.78 is 5.00. The first-order valence-corrected chi connectivity index (χ1v) is 7.00. The van der Waals surface area contributed by atoms with Crippen LogP contribution in [0.4, 0.5) is 0 Å². The van der Waals surface area contributed by atoms with Crippen LogP contribution < -0.4 is 5.32 Å². The van der Waals surface area contributed by atoms with Crippen LogP contribution in [-0.4, -0.2) is 25.7 Å². The third-order valence-electron chi connectivity index (χ3n) is 5.36. The second-order valence-electron chi connectivity index (χ2n) is 6.43. The zero-order chi connectivity index (χ0) is 11.9. The Hall–Kier alpha value is -0.280. The van der Waals surface area contributed by atoms with Crippen LogP contribution in [0.2, 0.25) is 0 Å². The minimum atomic E-state index is -0.115. The van der Waals surface area contributed by atoms with E-state index in [1.807, 2.05) is 0 Å². The second kappa shape index (κ2) is 5.01. The van der Waals surface area contributed by atoms with Gasteiger partial charge in [0, 0.05) is 12.6 Å². The molecule has 1 N–H and O–H groups in total. The maximum Gasteiger partial charge on any atom is 0.311 e. The third-order valence-corrected chi connectivity index (χ3v) is 5.36. The predicted molar refractivity (Wildman–Crippen MR) is 72.9 cm³/mol. The van der Waals surface area contributed by atoms with E-state index in [2.05, 4.69) is 5.32 Å². The summed E-state index contributed by atoms with van der Waals surface area (Å²) in [5, 5.41) is 3.68. The molecule has 104 valence electrons. The number of fused-ring (bicyclic) bond motifs is 3. The van der Waals surface area contributed by atoms with E-state index in [0.29, 0.717) is 5.41 Å². The van der Waals surface area contributed by atoms with E-state index in [0.717, 1.165) is 25.3 Å². The van der Waals surface area contributed by atoms with Gasteiger partial charge in [-0.05, 0) is 56.8 Å².